The van der Waals surface area contributed by atoms with Crippen molar-refractivity contribution in [3.05, 3.63) is 88.3 Å². The number of carboxylic acid groups (broad SMARTS) is 1. The molecule has 2 aromatic carbocycles. The molecule has 0 aromatic heterocycles. The summed E-state index contributed by atoms with van der Waals surface area (Å²) in [7, 11) is 0. The fraction of sp³-hybridized carbons (Fsp3) is 0.486. The highest BCUT2D eigenvalue weighted by molar-refractivity contribution is 6.01. The number of ether oxygens (including phenoxy) is 3. The molecule has 10 heteroatoms. The lowest BCUT2D eigenvalue weighted by Gasteiger charge is -2.59. The van der Waals surface area contributed by atoms with Gasteiger partial charge in [-0.1, -0.05) is 49.8 Å². The molecule has 47 heavy (non-hydrogen) atoms. The molecule has 0 bridgehead atoms. The van der Waals surface area contributed by atoms with Crippen molar-refractivity contribution >= 4 is 17.5 Å². The zero-order valence-electron chi connectivity index (χ0n) is 26.6. The lowest BCUT2D eigenvalue weighted by molar-refractivity contribution is -0.201. The van der Waals surface area contributed by atoms with Gasteiger partial charge in [0.25, 0.3) is 0 Å². The van der Waals surface area contributed by atoms with Crippen LogP contribution in [0.1, 0.15) is 72.9 Å². The second-order valence-electron chi connectivity index (χ2n) is 14.2. The second-order valence-corrected chi connectivity index (χ2v) is 14.2. The number of halogens is 1. The second kappa shape index (κ2) is 11.2. The number of carbonyl (C=O) groups excluding carboxylic acids is 2. The molecule has 1 heterocycles. The van der Waals surface area contributed by atoms with E-state index in [1.54, 1.807) is 43.3 Å². The van der Waals surface area contributed by atoms with E-state index in [-0.39, 0.29) is 53.4 Å². The van der Waals surface area contributed by atoms with E-state index < -0.39 is 59.1 Å². The van der Waals surface area contributed by atoms with Gasteiger partial charge in [0.15, 0.2) is 35.0 Å². The van der Waals surface area contributed by atoms with Crippen LogP contribution in [0.5, 0.6) is 5.75 Å². The van der Waals surface area contributed by atoms with Gasteiger partial charge >= 0.3 is 5.97 Å². The van der Waals surface area contributed by atoms with Crippen LogP contribution in [0.3, 0.4) is 0 Å². The zero-order chi connectivity index (χ0) is 33.5. The molecular formula is C37H39FO9. The summed E-state index contributed by atoms with van der Waals surface area (Å²) in [4.78, 5) is 37.7. The Morgan fingerprint density at radius 3 is 2.66 bits per heavy atom. The molecule has 7 rings (SSSR count). The van der Waals surface area contributed by atoms with Crippen molar-refractivity contribution in [3.8, 4) is 5.75 Å². The van der Waals surface area contributed by atoms with E-state index in [1.807, 2.05) is 13.0 Å². The van der Waals surface area contributed by atoms with Crippen molar-refractivity contribution in [2.45, 2.75) is 77.2 Å². The van der Waals surface area contributed by atoms with Crippen LogP contribution >= 0.6 is 0 Å². The first-order chi connectivity index (χ1) is 22.4. The Kier molecular flexibility index (Phi) is 7.59. The Bertz CT molecular complexity index is 1730. The molecule has 3 N–H and O–H groups in total. The summed E-state index contributed by atoms with van der Waals surface area (Å²) in [5.41, 5.74) is -1.07. The van der Waals surface area contributed by atoms with Crippen LogP contribution in [-0.2, 0) is 25.7 Å². The maximum Gasteiger partial charge on any atom is 0.336 e. The largest absolute Gasteiger partial charge is 0.486 e. The number of aromatic carboxylic acids is 1. The highest BCUT2D eigenvalue weighted by Crippen LogP contribution is 2.70. The number of aryl methyl sites for hydroxylation is 1. The number of fused-ring (bicyclic) bond motifs is 7. The third-order valence-electron chi connectivity index (χ3n) is 12.0. The molecule has 1 saturated heterocycles. The number of hydrogen-bond acceptors (Lipinski definition) is 8. The molecule has 4 aliphatic carbocycles. The number of carbonyl (C=O) groups is 3. The quantitative estimate of drug-likeness (QED) is 0.379. The van der Waals surface area contributed by atoms with Crippen LogP contribution in [0, 0.1) is 41.3 Å². The lowest BCUT2D eigenvalue weighted by Crippen LogP contribution is -2.63. The lowest BCUT2D eigenvalue weighted by atomic mass is 9.46. The van der Waals surface area contributed by atoms with Gasteiger partial charge in [-0.3, -0.25) is 9.59 Å². The fourth-order valence-electron chi connectivity index (χ4n) is 9.90. The molecular weight excluding hydrogens is 607 g/mol. The number of allylic oxidation sites excluding steroid dienone is 4. The monoisotopic (exact) mass is 646 g/mol. The van der Waals surface area contributed by atoms with Crippen LogP contribution in [0.4, 0.5) is 4.39 Å². The number of carboxylic acids is 1. The number of hydrogen-bond donors (Lipinski definition) is 3. The Labute approximate surface area is 272 Å². The van der Waals surface area contributed by atoms with Gasteiger partial charge in [-0.15, -0.1) is 0 Å². The SMILES string of the molecule is Cc1ccc(OCc2ccccc2C(=O)O)c(F)c1[C@H]1O[C@@H]2C[C@H]3[C@@H]4CCC5=CC(=O)C=C[C@]5(C)[C@H]4[C@@H](O)C[C@]3(C)[C@]2(C(=O)CO)O1. The molecule has 1 aliphatic heterocycles. The number of Topliss-reactive ketones (excluding diaryl/α,β-unsaturated/α-hetero) is 1. The zero-order valence-corrected chi connectivity index (χ0v) is 26.6. The molecule has 0 unspecified atom stereocenters. The normalized spacial score (nSPS) is 37.0. The standard InChI is InChI=1S/C37H39FO9/c1-19-8-11-27(45-18-20-6-4-5-7-23(20)33(43)44)32(38)30(19)34-46-29-15-25-24-10-9-21-14-22(40)12-13-35(21,2)31(24)26(41)16-36(25,3)37(29,47-34)28(42)17-39/h4-8,11-14,24-26,29,31,34,39,41H,9-10,15-18H2,1-3H3,(H,43,44)/t24-,25-,26-,29+,31+,34-,35-,36-,37+/m0/s1. The highest BCUT2D eigenvalue weighted by atomic mass is 19.1. The van der Waals surface area contributed by atoms with Crippen LogP contribution in [-0.4, -0.2) is 57.3 Å². The highest BCUT2D eigenvalue weighted by Gasteiger charge is 2.76. The number of aliphatic hydroxyl groups is 2. The minimum absolute atomic E-state index is 0.00718. The molecule has 0 spiro atoms. The number of rotatable bonds is 7. The van der Waals surface area contributed by atoms with Crippen molar-refractivity contribution in [1.29, 1.82) is 0 Å². The Hall–Kier alpha value is -3.70. The van der Waals surface area contributed by atoms with Crippen LogP contribution < -0.4 is 4.74 Å². The Morgan fingerprint density at radius 2 is 1.91 bits per heavy atom. The Morgan fingerprint density at radius 1 is 1.15 bits per heavy atom. The minimum atomic E-state index is -1.63. The predicted octanol–water partition coefficient (Wildman–Crippen LogP) is 5.01. The molecule has 2 aromatic rings. The van der Waals surface area contributed by atoms with Gasteiger partial charge < -0.3 is 29.5 Å². The van der Waals surface area contributed by atoms with Crippen molar-refractivity contribution in [1.82, 2.24) is 0 Å². The number of ketones is 2. The van der Waals surface area contributed by atoms with Crippen LogP contribution in [0.2, 0.25) is 0 Å². The van der Waals surface area contributed by atoms with E-state index in [9.17, 15) is 29.7 Å². The third kappa shape index (κ3) is 4.52. The molecule has 0 radical (unpaired) electrons. The van der Waals surface area contributed by atoms with Crippen LogP contribution in [0.15, 0.2) is 60.2 Å². The predicted molar refractivity (Wildman–Crippen MR) is 166 cm³/mol. The van der Waals surface area contributed by atoms with Gasteiger partial charge in [-0.2, -0.15) is 0 Å². The van der Waals surface area contributed by atoms with Crippen molar-refractivity contribution in [3.63, 3.8) is 0 Å². The van der Waals surface area contributed by atoms with E-state index in [0.717, 1.165) is 12.0 Å². The smallest absolute Gasteiger partial charge is 0.336 e. The number of aliphatic hydroxyl groups excluding tert-OH is 2. The van der Waals surface area contributed by atoms with E-state index in [2.05, 4.69) is 6.92 Å². The van der Waals surface area contributed by atoms with Gasteiger partial charge in [0.05, 0.1) is 23.3 Å². The molecule has 4 fully saturated rings. The summed E-state index contributed by atoms with van der Waals surface area (Å²) in [5.74, 6) is -2.91. The van der Waals surface area contributed by atoms with Gasteiger partial charge in [0.2, 0.25) is 0 Å². The summed E-state index contributed by atoms with van der Waals surface area (Å²) >= 11 is 0. The maximum atomic E-state index is 16.3. The fourth-order valence-corrected chi connectivity index (χ4v) is 9.90. The molecule has 5 aliphatic rings. The average molecular weight is 647 g/mol. The first-order valence-electron chi connectivity index (χ1n) is 16.2. The first-order valence-corrected chi connectivity index (χ1v) is 16.2. The minimum Gasteiger partial charge on any atom is -0.486 e. The van der Waals surface area contributed by atoms with Gasteiger partial charge in [0, 0.05) is 22.3 Å². The van der Waals surface area contributed by atoms with Gasteiger partial charge in [0.1, 0.15) is 13.2 Å². The third-order valence-corrected chi connectivity index (χ3v) is 12.0. The van der Waals surface area contributed by atoms with E-state index in [1.165, 1.54) is 12.1 Å². The Balaban J connectivity index is 1.21. The van der Waals surface area contributed by atoms with Crippen molar-refractivity contribution in [2.75, 3.05) is 6.61 Å². The van der Waals surface area contributed by atoms with E-state index >= 15 is 4.39 Å². The van der Waals surface area contributed by atoms with Gasteiger partial charge in [-0.25, -0.2) is 9.18 Å². The van der Waals surface area contributed by atoms with Crippen molar-refractivity contribution in [2.24, 2.45) is 28.6 Å². The van der Waals surface area contributed by atoms with Gasteiger partial charge in [-0.05, 0) is 74.3 Å². The topological polar surface area (TPSA) is 140 Å². The van der Waals surface area contributed by atoms with E-state index in [0.29, 0.717) is 24.0 Å². The first kappa shape index (κ1) is 31.9. The number of benzene rings is 2. The summed E-state index contributed by atoms with van der Waals surface area (Å²) in [5, 5.41) is 31.7. The summed E-state index contributed by atoms with van der Waals surface area (Å²) in [6, 6.07) is 9.42. The molecule has 9 atom stereocenters. The molecule has 248 valence electrons. The molecule has 0 amide bonds. The summed E-state index contributed by atoms with van der Waals surface area (Å²) in [6.45, 7) is 4.69. The molecule has 9 nitrogen and oxygen atoms in total. The molecule has 3 saturated carbocycles. The summed E-state index contributed by atoms with van der Waals surface area (Å²) in [6.07, 6.45) is 4.30. The van der Waals surface area contributed by atoms with Crippen LogP contribution in [0.25, 0.3) is 0 Å². The average Bonchev–Trinajstić information content (AvgIpc) is 3.53. The maximum absolute atomic E-state index is 16.3. The van der Waals surface area contributed by atoms with E-state index in [4.69, 9.17) is 14.2 Å². The summed E-state index contributed by atoms with van der Waals surface area (Å²) < 4.78 is 35.1. The van der Waals surface area contributed by atoms with Crippen molar-refractivity contribution < 1.29 is 48.3 Å².